The smallest absolute Gasteiger partial charge is 0.187 e. The molecule has 0 saturated carbocycles. The number of hydrogen-bond acceptors (Lipinski definition) is 3. The van der Waals surface area contributed by atoms with Crippen molar-refractivity contribution in [2.24, 2.45) is 0 Å². The topological polar surface area (TPSA) is 43.6 Å². The second kappa shape index (κ2) is 4.30. The monoisotopic (exact) mass is 244 g/mol. The molecule has 1 heterocycles. The highest BCUT2D eigenvalue weighted by Gasteiger charge is 2.62. The zero-order valence-electron chi connectivity index (χ0n) is 8.30. The van der Waals surface area contributed by atoms with E-state index in [0.717, 1.165) is 11.2 Å². The van der Waals surface area contributed by atoms with Gasteiger partial charge in [-0.25, -0.2) is 0 Å². The average Bonchev–Trinajstić information content (AvgIpc) is 2.61. The highest BCUT2D eigenvalue weighted by atomic mass is 19.4. The molecule has 4 nitrogen and oxygen atoms in total. The van der Waals surface area contributed by atoms with Gasteiger partial charge < -0.3 is 0 Å². The van der Waals surface area contributed by atoms with Crippen LogP contribution in [-0.2, 0) is 12.5 Å². The van der Waals surface area contributed by atoms with Crippen LogP contribution >= 0.6 is 0 Å². The molecule has 0 amide bonds. The first kappa shape index (κ1) is 12.8. The van der Waals surface area contributed by atoms with Crippen LogP contribution in [0.5, 0.6) is 0 Å². The number of halogens is 5. The summed E-state index contributed by atoms with van der Waals surface area (Å²) in [6.07, 6.45) is -4.38. The summed E-state index contributed by atoms with van der Waals surface area (Å²) in [7, 11) is 0. The third-order valence-electron chi connectivity index (χ3n) is 1.80. The van der Waals surface area contributed by atoms with Crippen LogP contribution in [0.3, 0.4) is 0 Å². The molecule has 16 heavy (non-hydrogen) atoms. The molecule has 0 aliphatic rings. The zero-order chi connectivity index (χ0) is 12.4. The van der Waals surface area contributed by atoms with Crippen molar-refractivity contribution in [3.63, 3.8) is 0 Å². The Balaban J connectivity index is 2.85. The van der Waals surface area contributed by atoms with Gasteiger partial charge in [-0.1, -0.05) is 13.3 Å². The highest BCUT2D eigenvalue weighted by Crippen LogP contribution is 2.41. The van der Waals surface area contributed by atoms with Crippen LogP contribution in [0, 0.1) is 0 Å². The molecule has 0 aliphatic heterocycles. The number of alkyl halides is 5. The quantitative estimate of drug-likeness (QED) is 0.762. The molecule has 0 N–H and O–H groups in total. The lowest BCUT2D eigenvalue weighted by Gasteiger charge is -2.14. The Bertz CT molecular complexity index is 345. The highest BCUT2D eigenvalue weighted by molar-refractivity contribution is 4.95. The van der Waals surface area contributed by atoms with Crippen molar-refractivity contribution >= 4 is 0 Å². The molecule has 0 radical (unpaired) electrons. The molecule has 1 rings (SSSR count). The van der Waals surface area contributed by atoms with Crippen molar-refractivity contribution in [2.75, 3.05) is 0 Å². The van der Waals surface area contributed by atoms with E-state index in [1.54, 1.807) is 0 Å². The summed E-state index contributed by atoms with van der Waals surface area (Å²) < 4.78 is 61.1. The lowest BCUT2D eigenvalue weighted by molar-refractivity contribution is -0.292. The number of unbranched alkanes of at least 4 members (excludes halogenated alkanes) is 1. The van der Waals surface area contributed by atoms with E-state index in [2.05, 4.69) is 15.4 Å². The molecule has 0 aromatic carbocycles. The Hall–Kier alpha value is -1.28. The maximum absolute atomic E-state index is 12.7. The van der Waals surface area contributed by atoms with E-state index < -0.39 is 17.9 Å². The third kappa shape index (κ3) is 2.45. The minimum Gasteiger partial charge on any atom is -0.187 e. The van der Waals surface area contributed by atoms with Gasteiger partial charge in [0.15, 0.2) is 0 Å². The average molecular weight is 244 g/mol. The number of aryl methyl sites for hydroxylation is 1. The molecule has 0 atom stereocenters. The standard InChI is InChI=1S/C7H9F5N4/c1-2-3-4-16-14-5(13-15-16)6(8,9)7(10,11)12/h2-4H2,1H3. The van der Waals surface area contributed by atoms with Crippen molar-refractivity contribution in [3.8, 4) is 0 Å². The predicted molar refractivity (Wildman–Crippen MR) is 42.7 cm³/mol. The summed E-state index contributed by atoms with van der Waals surface area (Å²) >= 11 is 0. The number of nitrogens with zero attached hydrogens (tertiary/aromatic N) is 4. The molecule has 0 aliphatic carbocycles. The van der Waals surface area contributed by atoms with Gasteiger partial charge in [0.25, 0.3) is 5.82 Å². The second-order valence-electron chi connectivity index (χ2n) is 3.13. The Morgan fingerprint density at radius 1 is 1.19 bits per heavy atom. The molecule has 0 saturated heterocycles. The van der Waals surface area contributed by atoms with Crippen LogP contribution in [0.15, 0.2) is 0 Å². The van der Waals surface area contributed by atoms with Crippen LogP contribution in [0.25, 0.3) is 0 Å². The Morgan fingerprint density at radius 3 is 2.31 bits per heavy atom. The second-order valence-corrected chi connectivity index (χ2v) is 3.13. The Morgan fingerprint density at radius 2 is 1.81 bits per heavy atom. The van der Waals surface area contributed by atoms with E-state index in [4.69, 9.17) is 0 Å². The van der Waals surface area contributed by atoms with Crippen LogP contribution in [0.4, 0.5) is 22.0 Å². The predicted octanol–water partition coefficient (Wildman–Crippen LogP) is 2.13. The summed E-state index contributed by atoms with van der Waals surface area (Å²) in [5.74, 6) is -6.67. The molecule has 0 fully saturated rings. The van der Waals surface area contributed by atoms with Crippen molar-refractivity contribution in [3.05, 3.63) is 5.82 Å². The van der Waals surface area contributed by atoms with Crippen LogP contribution in [-0.4, -0.2) is 26.4 Å². The fraction of sp³-hybridized carbons (Fsp3) is 0.857. The van der Waals surface area contributed by atoms with E-state index >= 15 is 0 Å². The molecular weight excluding hydrogens is 235 g/mol. The van der Waals surface area contributed by atoms with Gasteiger partial charge >= 0.3 is 12.1 Å². The number of aromatic nitrogens is 4. The summed E-state index contributed by atoms with van der Waals surface area (Å²) in [5.41, 5.74) is 0. The minimum absolute atomic E-state index is 0.164. The minimum atomic E-state index is -5.70. The van der Waals surface area contributed by atoms with Crippen LogP contribution in [0.1, 0.15) is 25.6 Å². The fourth-order valence-corrected chi connectivity index (χ4v) is 0.890. The van der Waals surface area contributed by atoms with Gasteiger partial charge in [0, 0.05) is 0 Å². The van der Waals surface area contributed by atoms with Gasteiger partial charge in [-0.3, -0.25) is 0 Å². The third-order valence-corrected chi connectivity index (χ3v) is 1.80. The summed E-state index contributed by atoms with van der Waals surface area (Å²) in [4.78, 5) is 0.735. The zero-order valence-corrected chi connectivity index (χ0v) is 8.30. The normalized spacial score (nSPS) is 13.1. The van der Waals surface area contributed by atoms with Crippen molar-refractivity contribution in [1.29, 1.82) is 0 Å². The lowest BCUT2D eigenvalue weighted by atomic mass is 10.3. The first-order valence-corrected chi connectivity index (χ1v) is 4.52. The molecule has 92 valence electrons. The van der Waals surface area contributed by atoms with Crippen molar-refractivity contribution < 1.29 is 22.0 Å². The molecule has 9 heteroatoms. The van der Waals surface area contributed by atoms with Gasteiger partial charge in [-0.2, -0.15) is 26.7 Å². The number of tetrazole rings is 1. The molecule has 0 unspecified atom stereocenters. The SMILES string of the molecule is CCCCn1nnc(C(F)(F)C(F)(F)F)n1. The number of rotatable bonds is 4. The van der Waals surface area contributed by atoms with Gasteiger partial charge in [0.2, 0.25) is 0 Å². The van der Waals surface area contributed by atoms with Crippen molar-refractivity contribution in [1.82, 2.24) is 20.2 Å². The van der Waals surface area contributed by atoms with E-state index in [9.17, 15) is 22.0 Å². The summed E-state index contributed by atoms with van der Waals surface area (Å²) in [5, 5.41) is 8.86. The molecule has 1 aromatic rings. The van der Waals surface area contributed by atoms with E-state index in [-0.39, 0.29) is 6.54 Å². The largest absolute Gasteiger partial charge is 0.461 e. The maximum Gasteiger partial charge on any atom is 0.461 e. The lowest BCUT2D eigenvalue weighted by Crippen LogP contribution is -2.35. The van der Waals surface area contributed by atoms with Gasteiger partial charge in [0.05, 0.1) is 6.54 Å². The summed E-state index contributed by atoms with van der Waals surface area (Å²) in [6.45, 7) is 2.00. The first-order chi connectivity index (χ1) is 7.29. The Labute approximate surface area is 87.4 Å². The van der Waals surface area contributed by atoms with E-state index in [1.165, 1.54) is 0 Å². The van der Waals surface area contributed by atoms with Crippen LogP contribution < -0.4 is 0 Å². The molecule has 0 bridgehead atoms. The van der Waals surface area contributed by atoms with Gasteiger partial charge in [0.1, 0.15) is 0 Å². The maximum atomic E-state index is 12.7. The molecule has 1 aromatic heterocycles. The van der Waals surface area contributed by atoms with E-state index in [1.807, 2.05) is 6.92 Å². The Kier molecular flexibility index (Phi) is 3.44. The van der Waals surface area contributed by atoms with Crippen molar-refractivity contribution in [2.45, 2.75) is 38.4 Å². The fourth-order valence-electron chi connectivity index (χ4n) is 0.890. The molecule has 0 spiro atoms. The van der Waals surface area contributed by atoms with E-state index in [0.29, 0.717) is 6.42 Å². The van der Waals surface area contributed by atoms with Gasteiger partial charge in [-0.15, -0.1) is 10.2 Å². The first-order valence-electron chi connectivity index (χ1n) is 4.52. The summed E-state index contributed by atoms with van der Waals surface area (Å²) in [6, 6.07) is 0. The number of hydrogen-bond donors (Lipinski definition) is 0. The van der Waals surface area contributed by atoms with Gasteiger partial charge in [-0.05, 0) is 11.6 Å². The molecular formula is C7H9F5N4. The van der Waals surface area contributed by atoms with Crippen LogP contribution in [0.2, 0.25) is 0 Å².